The number of pyridine rings is 1. The predicted molar refractivity (Wildman–Crippen MR) is 92.3 cm³/mol. The summed E-state index contributed by atoms with van der Waals surface area (Å²) in [6.07, 6.45) is 5.16. The Morgan fingerprint density at radius 2 is 2.00 bits per heavy atom. The Bertz CT molecular complexity index is 732. The van der Waals surface area contributed by atoms with E-state index in [2.05, 4.69) is 43.2 Å². The summed E-state index contributed by atoms with van der Waals surface area (Å²) >= 11 is 0. The molecule has 0 aliphatic heterocycles. The van der Waals surface area contributed by atoms with Crippen molar-refractivity contribution in [2.45, 2.75) is 59.0 Å². The number of nitrogens with one attached hydrogen (secondary N) is 2. The van der Waals surface area contributed by atoms with Crippen molar-refractivity contribution in [3.63, 3.8) is 0 Å². The van der Waals surface area contributed by atoms with E-state index in [0.29, 0.717) is 18.5 Å². The maximum atomic E-state index is 12.4. The summed E-state index contributed by atoms with van der Waals surface area (Å²) < 4.78 is 0. The molecule has 1 aliphatic carbocycles. The van der Waals surface area contributed by atoms with Gasteiger partial charge in [-0.1, -0.05) is 31.9 Å². The Labute approximate surface area is 132 Å². The summed E-state index contributed by atoms with van der Waals surface area (Å²) in [5.41, 5.74) is 4.23. The minimum absolute atomic E-state index is 0.0390. The molecule has 2 atom stereocenters. The van der Waals surface area contributed by atoms with Crippen LogP contribution < -0.4 is 10.9 Å². The van der Waals surface area contributed by atoms with Crippen molar-refractivity contribution >= 4 is 10.9 Å². The zero-order valence-electron chi connectivity index (χ0n) is 13.8. The second kappa shape index (κ2) is 6.25. The molecule has 3 heteroatoms. The molecule has 1 aromatic heterocycles. The zero-order chi connectivity index (χ0) is 15.7. The lowest BCUT2D eigenvalue weighted by Gasteiger charge is -2.29. The molecule has 0 bridgehead atoms. The smallest absolute Gasteiger partial charge is 0.252 e. The number of aryl methyl sites for hydroxylation is 2. The summed E-state index contributed by atoms with van der Waals surface area (Å²) in [5, 5.41) is 4.72. The second-order valence-corrected chi connectivity index (χ2v) is 6.84. The van der Waals surface area contributed by atoms with Gasteiger partial charge in [0.15, 0.2) is 0 Å². The first-order chi connectivity index (χ1) is 10.6. The SMILES string of the molecule is Cc1ccc2cc(CN[C@@H]3CCCC[C@H]3C)c(=O)[nH]c2c1C. The third-order valence-electron chi connectivity index (χ3n) is 5.29. The van der Waals surface area contributed by atoms with E-state index in [1.807, 2.05) is 6.07 Å². The third kappa shape index (κ3) is 2.95. The molecule has 0 unspecified atom stereocenters. The summed E-state index contributed by atoms with van der Waals surface area (Å²) in [4.78, 5) is 15.4. The fourth-order valence-electron chi connectivity index (χ4n) is 3.56. The summed E-state index contributed by atoms with van der Waals surface area (Å²) in [7, 11) is 0. The van der Waals surface area contributed by atoms with Crippen LogP contribution in [0.2, 0.25) is 0 Å². The molecule has 2 aromatic rings. The molecule has 118 valence electrons. The fraction of sp³-hybridized carbons (Fsp3) is 0.526. The van der Waals surface area contributed by atoms with E-state index < -0.39 is 0 Å². The topological polar surface area (TPSA) is 44.9 Å². The third-order valence-corrected chi connectivity index (χ3v) is 5.29. The lowest BCUT2D eigenvalue weighted by atomic mass is 9.86. The Morgan fingerprint density at radius 1 is 1.23 bits per heavy atom. The van der Waals surface area contributed by atoms with Crippen LogP contribution in [0, 0.1) is 19.8 Å². The lowest BCUT2D eigenvalue weighted by Crippen LogP contribution is -2.37. The maximum absolute atomic E-state index is 12.4. The first-order valence-corrected chi connectivity index (χ1v) is 8.42. The molecule has 22 heavy (non-hydrogen) atoms. The normalized spacial score (nSPS) is 22.1. The molecular weight excluding hydrogens is 272 g/mol. The monoisotopic (exact) mass is 298 g/mol. The van der Waals surface area contributed by atoms with Crippen LogP contribution in [0.3, 0.4) is 0 Å². The van der Waals surface area contributed by atoms with Gasteiger partial charge in [0, 0.05) is 18.2 Å². The molecular formula is C19H26N2O. The van der Waals surface area contributed by atoms with E-state index in [0.717, 1.165) is 22.0 Å². The number of aromatic nitrogens is 1. The van der Waals surface area contributed by atoms with Crippen molar-refractivity contribution < 1.29 is 0 Å². The van der Waals surface area contributed by atoms with Gasteiger partial charge in [-0.05, 0) is 55.2 Å². The average Bonchev–Trinajstić information content (AvgIpc) is 2.51. The quantitative estimate of drug-likeness (QED) is 0.905. The first-order valence-electron chi connectivity index (χ1n) is 8.42. The zero-order valence-corrected chi connectivity index (χ0v) is 13.8. The maximum Gasteiger partial charge on any atom is 0.252 e. The van der Waals surface area contributed by atoms with Gasteiger partial charge in [-0.25, -0.2) is 0 Å². The van der Waals surface area contributed by atoms with Gasteiger partial charge in [0.2, 0.25) is 0 Å². The molecule has 3 nitrogen and oxygen atoms in total. The number of rotatable bonds is 3. The van der Waals surface area contributed by atoms with Gasteiger partial charge in [0.05, 0.1) is 5.52 Å². The van der Waals surface area contributed by atoms with Crippen LogP contribution >= 0.6 is 0 Å². The average molecular weight is 298 g/mol. The van der Waals surface area contributed by atoms with Gasteiger partial charge < -0.3 is 10.3 Å². The van der Waals surface area contributed by atoms with Crippen molar-refractivity contribution in [3.05, 3.63) is 45.2 Å². The fourth-order valence-corrected chi connectivity index (χ4v) is 3.56. The van der Waals surface area contributed by atoms with E-state index in [-0.39, 0.29) is 5.56 Å². The highest BCUT2D eigenvalue weighted by Gasteiger charge is 2.20. The molecule has 0 saturated heterocycles. The number of benzene rings is 1. The Morgan fingerprint density at radius 3 is 2.77 bits per heavy atom. The lowest BCUT2D eigenvalue weighted by molar-refractivity contribution is 0.279. The van der Waals surface area contributed by atoms with Gasteiger partial charge in [-0.3, -0.25) is 4.79 Å². The van der Waals surface area contributed by atoms with Crippen LogP contribution in [-0.4, -0.2) is 11.0 Å². The number of hydrogen-bond donors (Lipinski definition) is 2. The number of aromatic amines is 1. The van der Waals surface area contributed by atoms with Crippen molar-refractivity contribution in [1.29, 1.82) is 0 Å². The van der Waals surface area contributed by atoms with Gasteiger partial charge >= 0.3 is 0 Å². The van der Waals surface area contributed by atoms with Gasteiger partial charge in [0.25, 0.3) is 5.56 Å². The number of hydrogen-bond acceptors (Lipinski definition) is 2. The van der Waals surface area contributed by atoms with E-state index in [1.54, 1.807) is 0 Å². The van der Waals surface area contributed by atoms with Crippen LogP contribution in [0.5, 0.6) is 0 Å². The van der Waals surface area contributed by atoms with E-state index in [4.69, 9.17) is 0 Å². The summed E-state index contributed by atoms with van der Waals surface area (Å²) in [6.45, 7) is 7.11. The largest absolute Gasteiger partial charge is 0.321 e. The van der Waals surface area contributed by atoms with Crippen LogP contribution in [0.25, 0.3) is 10.9 Å². The van der Waals surface area contributed by atoms with Crippen molar-refractivity contribution in [3.8, 4) is 0 Å². The minimum Gasteiger partial charge on any atom is -0.321 e. The van der Waals surface area contributed by atoms with E-state index in [1.165, 1.54) is 31.2 Å². The van der Waals surface area contributed by atoms with Gasteiger partial charge in [-0.2, -0.15) is 0 Å². The summed E-state index contributed by atoms with van der Waals surface area (Å²) in [6, 6.07) is 6.81. The number of fused-ring (bicyclic) bond motifs is 1. The molecule has 0 radical (unpaired) electrons. The molecule has 0 spiro atoms. The van der Waals surface area contributed by atoms with Crippen LogP contribution in [0.1, 0.15) is 49.3 Å². The van der Waals surface area contributed by atoms with Crippen LogP contribution in [-0.2, 0) is 6.54 Å². The molecule has 2 N–H and O–H groups in total. The molecule has 3 rings (SSSR count). The summed E-state index contributed by atoms with van der Waals surface area (Å²) in [5.74, 6) is 0.707. The van der Waals surface area contributed by atoms with Gasteiger partial charge in [-0.15, -0.1) is 0 Å². The van der Waals surface area contributed by atoms with E-state index in [9.17, 15) is 4.79 Å². The molecule has 1 saturated carbocycles. The van der Waals surface area contributed by atoms with Crippen LogP contribution in [0.4, 0.5) is 0 Å². The molecule has 1 aliphatic rings. The molecule has 1 fully saturated rings. The van der Waals surface area contributed by atoms with Crippen LogP contribution in [0.15, 0.2) is 23.0 Å². The minimum atomic E-state index is 0.0390. The Balaban J connectivity index is 1.83. The highest BCUT2D eigenvalue weighted by atomic mass is 16.1. The van der Waals surface area contributed by atoms with Crippen molar-refractivity contribution in [2.75, 3.05) is 0 Å². The predicted octanol–water partition coefficient (Wildman–Crippen LogP) is 3.81. The molecule has 1 aromatic carbocycles. The van der Waals surface area contributed by atoms with Crippen molar-refractivity contribution in [2.24, 2.45) is 5.92 Å². The standard InChI is InChI=1S/C19H26N2O/c1-12-8-9-15-10-16(19(22)21-18(15)14(12)3)11-20-17-7-5-4-6-13(17)2/h8-10,13,17,20H,4-7,11H2,1-3H3,(H,21,22)/t13-,17-/m1/s1. The van der Waals surface area contributed by atoms with E-state index >= 15 is 0 Å². The first kappa shape index (κ1) is 15.3. The Kier molecular flexibility index (Phi) is 4.34. The highest BCUT2D eigenvalue weighted by molar-refractivity contribution is 5.83. The molecule has 0 amide bonds. The highest BCUT2D eigenvalue weighted by Crippen LogP contribution is 2.24. The molecule has 1 heterocycles. The number of H-pyrrole nitrogens is 1. The second-order valence-electron chi connectivity index (χ2n) is 6.84. The van der Waals surface area contributed by atoms with Crippen molar-refractivity contribution in [1.82, 2.24) is 10.3 Å². The van der Waals surface area contributed by atoms with Gasteiger partial charge in [0.1, 0.15) is 0 Å². The Hall–Kier alpha value is -1.61.